The van der Waals surface area contributed by atoms with E-state index in [9.17, 15) is 61.0 Å². The highest BCUT2D eigenvalue weighted by molar-refractivity contribution is 5.79. The monoisotopic (exact) mass is 929 g/mol. The lowest BCUT2D eigenvalue weighted by Crippen LogP contribution is -2.67. The third-order valence-corrected chi connectivity index (χ3v) is 19.0. The van der Waals surface area contributed by atoms with Crippen LogP contribution < -0.4 is 0 Å². The van der Waals surface area contributed by atoms with Gasteiger partial charge in [-0.05, 0) is 104 Å². The highest BCUT2D eigenvalue weighted by atomic mass is 16.7. The van der Waals surface area contributed by atoms with Crippen molar-refractivity contribution in [2.24, 2.45) is 50.2 Å². The maximum absolute atomic E-state index is 14.9. The van der Waals surface area contributed by atoms with E-state index in [1.54, 1.807) is 0 Å². The second-order valence-electron chi connectivity index (χ2n) is 22.9. The lowest BCUT2D eigenvalue weighted by Gasteiger charge is -2.71. The Bertz CT molecular complexity index is 1760. The predicted octanol–water partition coefficient (Wildman–Crippen LogP) is -0.248. The Kier molecular flexibility index (Phi) is 13.7. The Morgan fingerprint density at radius 1 is 0.692 bits per heavy atom. The van der Waals surface area contributed by atoms with E-state index >= 15 is 0 Å². The van der Waals surface area contributed by atoms with Gasteiger partial charge in [0.2, 0.25) is 6.29 Å². The number of ether oxygens (including phenoxy) is 6. The number of allylic oxidation sites excluding steroid dienone is 2. The molecule has 5 aliphatic carbocycles. The number of aliphatic hydroxyl groups excluding tert-OH is 11. The minimum Gasteiger partial charge on any atom is -0.432 e. The molecule has 4 saturated carbocycles. The lowest BCUT2D eigenvalue weighted by molar-refractivity contribution is -0.328. The lowest BCUT2D eigenvalue weighted by atomic mass is 9.33. The molecule has 0 amide bonds. The summed E-state index contributed by atoms with van der Waals surface area (Å²) in [5.41, 5.74) is -1.23. The van der Waals surface area contributed by atoms with Crippen LogP contribution in [0.15, 0.2) is 11.6 Å². The van der Waals surface area contributed by atoms with Gasteiger partial charge in [-0.1, -0.05) is 53.2 Å². The van der Waals surface area contributed by atoms with Crippen molar-refractivity contribution in [1.82, 2.24) is 0 Å². The summed E-state index contributed by atoms with van der Waals surface area (Å²) in [5, 5.41) is 116. The van der Waals surface area contributed by atoms with Crippen molar-refractivity contribution in [3.8, 4) is 0 Å². The first-order chi connectivity index (χ1) is 30.4. The number of hydrogen-bond acceptors (Lipinski definition) is 18. The van der Waals surface area contributed by atoms with Crippen LogP contribution in [-0.4, -0.2) is 181 Å². The summed E-state index contributed by atoms with van der Waals surface area (Å²) in [6.45, 7) is 12.1. The van der Waals surface area contributed by atoms with Crippen LogP contribution in [0.25, 0.3) is 0 Å². The molecule has 0 radical (unpaired) electrons. The van der Waals surface area contributed by atoms with E-state index in [1.807, 2.05) is 0 Å². The summed E-state index contributed by atoms with van der Waals surface area (Å²) >= 11 is 0. The molecule has 18 nitrogen and oxygen atoms in total. The molecule has 18 heteroatoms. The molecule has 0 aromatic rings. The topological polar surface area (TPSA) is 295 Å². The van der Waals surface area contributed by atoms with Gasteiger partial charge in [-0.3, -0.25) is 4.79 Å². The fourth-order valence-electron chi connectivity index (χ4n) is 14.7. The Balaban J connectivity index is 1.02. The first-order valence-electron chi connectivity index (χ1n) is 23.9. The van der Waals surface area contributed by atoms with Crippen LogP contribution in [0.5, 0.6) is 0 Å². The smallest absolute Gasteiger partial charge is 0.315 e. The van der Waals surface area contributed by atoms with Crippen LogP contribution in [0.2, 0.25) is 0 Å². The molecule has 0 bridgehead atoms. The summed E-state index contributed by atoms with van der Waals surface area (Å²) < 4.78 is 35.2. The highest BCUT2D eigenvalue weighted by Crippen LogP contribution is 2.76. The van der Waals surface area contributed by atoms with Gasteiger partial charge in [-0.2, -0.15) is 0 Å². The molecule has 8 rings (SSSR count). The fraction of sp³-hybridized carbons (Fsp3) is 0.936. The first-order valence-corrected chi connectivity index (χ1v) is 23.9. The number of rotatable bonds is 9. The SMILES string of the molecule is CC1(C)CC[C@]2(C(=O)O[C@@H]3O[C@H](CO[C@@H]4O[C@H](CO)[C@@H](O)[C@H](O)[C@H]4O)[C@@H](O)[C@H](O)[C@H]3O)CC[C@]3(C)C(=CC[C@@H]4[C@@]5(C)CC[C@H](O[C@@H]6OC[C@H](O)[C@H](O)[C@H]6O)[C@@](C)(CO)[C@H]5CC[C@]43C)[C@@H]2C1. The molecule has 65 heavy (non-hydrogen) atoms. The van der Waals surface area contributed by atoms with Gasteiger partial charge in [0.05, 0.1) is 37.9 Å². The Morgan fingerprint density at radius 2 is 1.32 bits per heavy atom. The Hall–Kier alpha value is -1.43. The van der Waals surface area contributed by atoms with E-state index in [-0.39, 0.29) is 52.6 Å². The average molecular weight is 929 g/mol. The molecular weight excluding hydrogens is 852 g/mol. The van der Waals surface area contributed by atoms with E-state index in [4.69, 9.17) is 28.4 Å². The number of carbonyl (C=O) groups is 1. The van der Waals surface area contributed by atoms with Gasteiger partial charge in [0.15, 0.2) is 12.6 Å². The molecule has 7 fully saturated rings. The van der Waals surface area contributed by atoms with E-state index in [0.717, 1.165) is 38.5 Å². The highest BCUT2D eigenvalue weighted by Gasteiger charge is 2.70. The van der Waals surface area contributed by atoms with Crippen LogP contribution in [0.1, 0.15) is 106 Å². The van der Waals surface area contributed by atoms with Crippen LogP contribution in [0, 0.1) is 50.2 Å². The van der Waals surface area contributed by atoms with Crippen LogP contribution in [-0.2, 0) is 33.2 Å². The predicted molar refractivity (Wildman–Crippen MR) is 226 cm³/mol. The third kappa shape index (κ3) is 7.89. The zero-order valence-corrected chi connectivity index (χ0v) is 38.6. The van der Waals surface area contributed by atoms with Crippen molar-refractivity contribution in [2.75, 3.05) is 26.4 Å². The van der Waals surface area contributed by atoms with Gasteiger partial charge in [-0.15, -0.1) is 0 Å². The standard InChI is InChI=1S/C47H76O18/c1-42(2)13-15-47(41(59)65-40-37(58)34(55)32(53)26(63-40)20-61-38-36(57)33(54)31(52)25(18-48)62-38)16-14-45(5)22(23(47)17-42)7-8-28-43(3)11-10-29(64-39-35(56)30(51)24(50)19-60-39)44(4,21-49)27(43)9-12-46(28,45)6/h7,23-40,48-58H,8-21H2,1-6H3/t23-,24-,25+,26+,27-,28+,29-,30-,31+,32+,33-,34-,35+,36+,37+,38+,39-,40-,43-,44-,45+,46+,47-/m0/s1. The second kappa shape index (κ2) is 17.8. The molecule has 23 atom stereocenters. The molecular formula is C47H76O18. The van der Waals surface area contributed by atoms with E-state index in [1.165, 1.54) is 5.57 Å². The average Bonchev–Trinajstić information content (AvgIpc) is 3.26. The van der Waals surface area contributed by atoms with E-state index in [0.29, 0.717) is 25.7 Å². The van der Waals surface area contributed by atoms with Gasteiger partial charge in [0, 0.05) is 5.41 Å². The zero-order valence-electron chi connectivity index (χ0n) is 38.6. The maximum Gasteiger partial charge on any atom is 0.315 e. The maximum atomic E-state index is 14.9. The number of hydrogen-bond donors (Lipinski definition) is 11. The Labute approximate surface area is 380 Å². The van der Waals surface area contributed by atoms with Crippen molar-refractivity contribution < 1.29 is 89.4 Å². The van der Waals surface area contributed by atoms with Gasteiger partial charge in [-0.25, -0.2) is 0 Å². The number of aliphatic hydroxyl groups is 11. The van der Waals surface area contributed by atoms with Crippen LogP contribution >= 0.6 is 0 Å². The summed E-state index contributed by atoms with van der Waals surface area (Å²) in [7, 11) is 0. The summed E-state index contributed by atoms with van der Waals surface area (Å²) in [6.07, 6.45) is -12.5. The van der Waals surface area contributed by atoms with Crippen molar-refractivity contribution in [1.29, 1.82) is 0 Å². The molecule has 372 valence electrons. The minimum atomic E-state index is -1.81. The van der Waals surface area contributed by atoms with Crippen molar-refractivity contribution in [2.45, 2.75) is 198 Å². The van der Waals surface area contributed by atoms with Crippen molar-refractivity contribution in [3.05, 3.63) is 11.6 Å². The first kappa shape index (κ1) is 50.0. The molecule has 3 aliphatic heterocycles. The molecule has 3 saturated heterocycles. The van der Waals surface area contributed by atoms with Gasteiger partial charge in [0.1, 0.15) is 67.1 Å². The Morgan fingerprint density at radius 3 is 2.00 bits per heavy atom. The summed E-state index contributed by atoms with van der Waals surface area (Å²) in [6, 6.07) is 0. The summed E-state index contributed by atoms with van der Waals surface area (Å²) in [5.74, 6) is -0.485. The molecule has 0 spiro atoms. The minimum absolute atomic E-state index is 0.0557. The second-order valence-corrected chi connectivity index (χ2v) is 22.9. The number of esters is 1. The molecule has 0 aromatic heterocycles. The molecule has 8 aliphatic rings. The summed E-state index contributed by atoms with van der Waals surface area (Å²) in [4.78, 5) is 14.9. The molecule has 0 unspecified atom stereocenters. The fourth-order valence-corrected chi connectivity index (χ4v) is 14.7. The number of carbonyl (C=O) groups excluding carboxylic acids is 1. The quantitative estimate of drug-likeness (QED) is 0.0808. The number of fused-ring (bicyclic) bond motifs is 7. The van der Waals surface area contributed by atoms with Crippen molar-refractivity contribution >= 4 is 5.97 Å². The van der Waals surface area contributed by atoms with Gasteiger partial charge >= 0.3 is 5.97 Å². The molecule has 3 heterocycles. The normalized spacial score (nSPS) is 54.3. The molecule has 0 aromatic carbocycles. The van der Waals surface area contributed by atoms with Crippen molar-refractivity contribution in [3.63, 3.8) is 0 Å². The van der Waals surface area contributed by atoms with Gasteiger partial charge < -0.3 is 84.6 Å². The van der Waals surface area contributed by atoms with Gasteiger partial charge in [0.25, 0.3) is 0 Å². The largest absolute Gasteiger partial charge is 0.432 e. The van der Waals surface area contributed by atoms with Crippen LogP contribution in [0.4, 0.5) is 0 Å². The zero-order chi connectivity index (χ0) is 47.4. The third-order valence-electron chi connectivity index (χ3n) is 19.0. The van der Waals surface area contributed by atoms with E-state index in [2.05, 4.69) is 47.6 Å². The molecule has 11 N–H and O–H groups in total. The van der Waals surface area contributed by atoms with Crippen LogP contribution in [0.3, 0.4) is 0 Å². The van der Waals surface area contributed by atoms with E-state index < -0.39 is 122 Å².